The third kappa shape index (κ3) is 4.10. The molecule has 8 heteroatoms. The molecule has 0 aromatic carbocycles. The summed E-state index contributed by atoms with van der Waals surface area (Å²) in [4.78, 5) is 14.6. The van der Waals surface area contributed by atoms with Crippen LogP contribution < -0.4 is 4.74 Å². The van der Waals surface area contributed by atoms with Gasteiger partial charge in [0.1, 0.15) is 0 Å². The number of alkyl halides is 3. The molecule has 0 radical (unpaired) electrons. The number of nitrogens with zero attached hydrogens (tertiary/aromatic N) is 1. The van der Waals surface area contributed by atoms with Gasteiger partial charge in [0.25, 0.3) is 0 Å². The topological polar surface area (TPSA) is 48.4 Å². The summed E-state index contributed by atoms with van der Waals surface area (Å²) in [5.41, 5.74) is -0.171. The van der Waals surface area contributed by atoms with Crippen LogP contribution >= 0.6 is 11.6 Å². The number of aromatic nitrogens is 1. The summed E-state index contributed by atoms with van der Waals surface area (Å²) >= 11 is 5.40. The van der Waals surface area contributed by atoms with E-state index in [0.717, 1.165) is 12.3 Å². The highest BCUT2D eigenvalue weighted by Gasteiger charge is 2.32. The average molecular weight is 270 g/mol. The number of carbonyl (C=O) groups is 1. The molecule has 0 saturated carbocycles. The van der Waals surface area contributed by atoms with Crippen LogP contribution in [0.25, 0.3) is 0 Å². The molecule has 1 aromatic heterocycles. The molecular weight excluding hydrogens is 263 g/mol. The number of pyridine rings is 1. The van der Waals surface area contributed by atoms with E-state index in [9.17, 15) is 18.0 Å². The minimum atomic E-state index is -4.90. The van der Waals surface area contributed by atoms with Gasteiger partial charge in [0.2, 0.25) is 0 Å². The van der Waals surface area contributed by atoms with Crippen LogP contribution in [0.15, 0.2) is 12.3 Å². The van der Waals surface area contributed by atoms with Crippen molar-refractivity contribution in [3.63, 3.8) is 0 Å². The molecule has 0 saturated heterocycles. The Labute approximate surface area is 99.3 Å². The number of esters is 1. The van der Waals surface area contributed by atoms with Crippen LogP contribution in [0.2, 0.25) is 5.15 Å². The molecule has 4 nitrogen and oxygen atoms in total. The summed E-state index contributed by atoms with van der Waals surface area (Å²) in [6.07, 6.45) is -3.90. The van der Waals surface area contributed by atoms with Gasteiger partial charge in [-0.2, -0.15) is 0 Å². The summed E-state index contributed by atoms with van der Waals surface area (Å²) in [7, 11) is 0. The average Bonchev–Trinajstić information content (AvgIpc) is 2.19. The highest BCUT2D eigenvalue weighted by Crippen LogP contribution is 2.29. The zero-order chi connectivity index (χ0) is 13.1. The SMILES string of the molecule is CCOC(=O)c1cnc(Cl)c(OC(F)(F)F)c1. The summed E-state index contributed by atoms with van der Waals surface area (Å²) in [6, 6.07) is 0.820. The first-order valence-electron chi connectivity index (χ1n) is 4.42. The second-order valence-corrected chi connectivity index (χ2v) is 3.14. The largest absolute Gasteiger partial charge is 0.573 e. The van der Waals surface area contributed by atoms with Crippen molar-refractivity contribution in [1.29, 1.82) is 0 Å². The molecule has 0 bridgehead atoms. The van der Waals surface area contributed by atoms with Gasteiger partial charge >= 0.3 is 12.3 Å². The number of hydrogen-bond donors (Lipinski definition) is 0. The van der Waals surface area contributed by atoms with Gasteiger partial charge in [-0.25, -0.2) is 9.78 Å². The fourth-order valence-corrected chi connectivity index (χ4v) is 1.09. The third-order valence-electron chi connectivity index (χ3n) is 1.54. The lowest BCUT2D eigenvalue weighted by Crippen LogP contribution is -2.18. The molecule has 0 unspecified atom stereocenters. The van der Waals surface area contributed by atoms with E-state index in [1.807, 2.05) is 0 Å². The van der Waals surface area contributed by atoms with Gasteiger partial charge in [-0.05, 0) is 13.0 Å². The lowest BCUT2D eigenvalue weighted by Gasteiger charge is -2.10. The summed E-state index contributed by atoms with van der Waals surface area (Å²) in [6.45, 7) is 1.66. The molecule has 0 aliphatic carbocycles. The fourth-order valence-electron chi connectivity index (χ4n) is 0.950. The Balaban J connectivity index is 2.98. The molecule has 1 rings (SSSR count). The summed E-state index contributed by atoms with van der Waals surface area (Å²) in [5.74, 6) is -1.55. The van der Waals surface area contributed by atoms with Crippen molar-refractivity contribution in [2.75, 3.05) is 6.61 Å². The molecule has 0 amide bonds. The van der Waals surface area contributed by atoms with Crippen molar-refractivity contribution in [3.8, 4) is 5.75 Å². The van der Waals surface area contributed by atoms with Gasteiger partial charge in [0.15, 0.2) is 10.9 Å². The highest BCUT2D eigenvalue weighted by atomic mass is 35.5. The van der Waals surface area contributed by atoms with Crippen molar-refractivity contribution in [3.05, 3.63) is 23.0 Å². The predicted molar refractivity (Wildman–Crippen MR) is 51.9 cm³/mol. The Morgan fingerprint density at radius 3 is 2.71 bits per heavy atom. The number of ether oxygens (including phenoxy) is 2. The Morgan fingerprint density at radius 2 is 2.18 bits per heavy atom. The quantitative estimate of drug-likeness (QED) is 0.625. The zero-order valence-corrected chi connectivity index (χ0v) is 9.30. The van der Waals surface area contributed by atoms with E-state index < -0.39 is 23.2 Å². The van der Waals surface area contributed by atoms with E-state index in [1.165, 1.54) is 0 Å². The van der Waals surface area contributed by atoms with Crippen LogP contribution in [0.3, 0.4) is 0 Å². The van der Waals surface area contributed by atoms with Crippen LogP contribution in [0.4, 0.5) is 13.2 Å². The molecular formula is C9H7ClF3NO3. The first-order chi connectivity index (χ1) is 7.83. The van der Waals surface area contributed by atoms with Crippen molar-refractivity contribution in [1.82, 2.24) is 4.98 Å². The maximum atomic E-state index is 12.0. The molecule has 94 valence electrons. The van der Waals surface area contributed by atoms with Crippen LogP contribution in [0, 0.1) is 0 Å². The molecule has 0 spiro atoms. The number of carbonyl (C=O) groups excluding carboxylic acids is 1. The van der Waals surface area contributed by atoms with E-state index in [0.29, 0.717) is 0 Å². The number of hydrogen-bond acceptors (Lipinski definition) is 4. The number of rotatable bonds is 3. The Hall–Kier alpha value is -1.50. The van der Waals surface area contributed by atoms with Crippen LogP contribution in [0.1, 0.15) is 17.3 Å². The number of halogens is 4. The molecule has 1 heterocycles. The second kappa shape index (κ2) is 5.22. The molecule has 1 aromatic rings. The molecule has 0 N–H and O–H groups in total. The Bertz CT molecular complexity index is 422. The molecule has 17 heavy (non-hydrogen) atoms. The lowest BCUT2D eigenvalue weighted by atomic mass is 10.3. The van der Waals surface area contributed by atoms with Crippen LogP contribution in [-0.2, 0) is 4.74 Å². The van der Waals surface area contributed by atoms with Crippen molar-refractivity contribution < 1.29 is 27.4 Å². The minimum Gasteiger partial charge on any atom is -0.462 e. The monoisotopic (exact) mass is 269 g/mol. The van der Waals surface area contributed by atoms with E-state index in [1.54, 1.807) is 6.92 Å². The first kappa shape index (κ1) is 13.6. The lowest BCUT2D eigenvalue weighted by molar-refractivity contribution is -0.274. The van der Waals surface area contributed by atoms with Gasteiger partial charge in [0, 0.05) is 6.20 Å². The van der Waals surface area contributed by atoms with Crippen molar-refractivity contribution in [2.24, 2.45) is 0 Å². The first-order valence-corrected chi connectivity index (χ1v) is 4.79. The summed E-state index contributed by atoms with van der Waals surface area (Å²) in [5, 5.41) is -0.490. The predicted octanol–water partition coefficient (Wildman–Crippen LogP) is 2.81. The van der Waals surface area contributed by atoms with E-state index in [-0.39, 0.29) is 12.2 Å². The van der Waals surface area contributed by atoms with Gasteiger partial charge in [-0.3, -0.25) is 0 Å². The van der Waals surface area contributed by atoms with Gasteiger partial charge in [-0.1, -0.05) is 11.6 Å². The van der Waals surface area contributed by atoms with Crippen molar-refractivity contribution in [2.45, 2.75) is 13.3 Å². The highest BCUT2D eigenvalue weighted by molar-refractivity contribution is 6.30. The third-order valence-corrected chi connectivity index (χ3v) is 1.83. The fraction of sp³-hybridized carbons (Fsp3) is 0.333. The molecule has 0 aliphatic rings. The molecule has 0 aliphatic heterocycles. The second-order valence-electron chi connectivity index (χ2n) is 2.78. The Kier molecular flexibility index (Phi) is 4.17. The van der Waals surface area contributed by atoms with Gasteiger partial charge in [-0.15, -0.1) is 13.2 Å². The Morgan fingerprint density at radius 1 is 1.53 bits per heavy atom. The van der Waals surface area contributed by atoms with E-state index >= 15 is 0 Å². The van der Waals surface area contributed by atoms with Crippen LogP contribution in [-0.4, -0.2) is 23.9 Å². The normalized spacial score (nSPS) is 11.1. The maximum Gasteiger partial charge on any atom is 0.573 e. The van der Waals surface area contributed by atoms with Crippen LogP contribution in [0.5, 0.6) is 5.75 Å². The van der Waals surface area contributed by atoms with E-state index in [4.69, 9.17) is 11.6 Å². The summed E-state index contributed by atoms with van der Waals surface area (Å²) < 4.78 is 44.1. The van der Waals surface area contributed by atoms with E-state index in [2.05, 4.69) is 14.5 Å². The standard InChI is InChI=1S/C9H7ClF3NO3/c1-2-16-8(15)5-3-6(7(10)14-4-5)17-9(11,12)13/h3-4H,2H2,1H3. The maximum absolute atomic E-state index is 12.0. The van der Waals surface area contributed by atoms with Crippen molar-refractivity contribution >= 4 is 17.6 Å². The minimum absolute atomic E-state index is 0.0942. The zero-order valence-electron chi connectivity index (χ0n) is 8.55. The van der Waals surface area contributed by atoms with Gasteiger partial charge < -0.3 is 9.47 Å². The molecule has 0 atom stereocenters. The molecule has 0 fully saturated rings. The van der Waals surface area contributed by atoms with Gasteiger partial charge in [0.05, 0.1) is 12.2 Å². The smallest absolute Gasteiger partial charge is 0.462 e.